The van der Waals surface area contributed by atoms with E-state index in [0.717, 1.165) is 23.9 Å². The minimum atomic E-state index is -0.435. The largest absolute Gasteiger partial charge is 0.312 e. The van der Waals surface area contributed by atoms with Crippen LogP contribution >= 0.6 is 11.6 Å². The van der Waals surface area contributed by atoms with E-state index in [1.54, 1.807) is 12.1 Å². The molecule has 2 rings (SSSR count). The third-order valence-electron chi connectivity index (χ3n) is 4.23. The summed E-state index contributed by atoms with van der Waals surface area (Å²) in [6, 6.07) is 4.99. The Kier molecular flexibility index (Phi) is 5.38. The maximum atomic E-state index is 10.8. The number of hydrogen-bond donors (Lipinski definition) is 1. The van der Waals surface area contributed by atoms with Gasteiger partial charge in [-0.1, -0.05) is 43.9 Å². The number of benzene rings is 1. The molecule has 20 heavy (non-hydrogen) atoms. The second-order valence-electron chi connectivity index (χ2n) is 5.70. The summed E-state index contributed by atoms with van der Waals surface area (Å²) >= 11 is 5.80. The van der Waals surface area contributed by atoms with Crippen LogP contribution < -0.4 is 5.32 Å². The van der Waals surface area contributed by atoms with Gasteiger partial charge in [-0.3, -0.25) is 10.1 Å². The molecule has 2 unspecified atom stereocenters. The fourth-order valence-electron chi connectivity index (χ4n) is 2.91. The Labute approximate surface area is 124 Å². The van der Waals surface area contributed by atoms with Crippen molar-refractivity contribution in [3.05, 3.63) is 38.9 Å². The Bertz CT molecular complexity index is 479. The fraction of sp³-hybridized carbons (Fsp3) is 0.600. The van der Waals surface area contributed by atoms with Crippen LogP contribution in [0.2, 0.25) is 5.02 Å². The van der Waals surface area contributed by atoms with Crippen LogP contribution in [-0.4, -0.2) is 11.5 Å². The van der Waals surface area contributed by atoms with Crippen molar-refractivity contribution in [2.24, 2.45) is 11.8 Å². The van der Waals surface area contributed by atoms with Gasteiger partial charge in [0.25, 0.3) is 5.69 Å². The molecule has 0 aromatic heterocycles. The van der Waals surface area contributed by atoms with Crippen molar-refractivity contribution >= 4 is 17.3 Å². The van der Waals surface area contributed by atoms with E-state index in [0.29, 0.717) is 6.54 Å². The zero-order chi connectivity index (χ0) is 14.5. The molecule has 1 saturated carbocycles. The molecule has 0 bridgehead atoms. The van der Waals surface area contributed by atoms with Crippen molar-refractivity contribution in [3.8, 4) is 0 Å². The van der Waals surface area contributed by atoms with Gasteiger partial charge in [-0.15, -0.1) is 0 Å². The maximum absolute atomic E-state index is 10.8. The molecule has 4 nitrogen and oxygen atoms in total. The van der Waals surface area contributed by atoms with Crippen molar-refractivity contribution in [1.82, 2.24) is 5.32 Å². The van der Waals surface area contributed by atoms with E-state index in [2.05, 4.69) is 12.2 Å². The average Bonchev–Trinajstić information content (AvgIpc) is 2.42. The first kappa shape index (κ1) is 15.3. The number of nitro groups is 1. The lowest BCUT2D eigenvalue weighted by atomic mass is 9.80. The summed E-state index contributed by atoms with van der Waals surface area (Å²) in [5, 5.41) is 14.5. The van der Waals surface area contributed by atoms with Gasteiger partial charge in [0.2, 0.25) is 0 Å². The Morgan fingerprint density at radius 3 is 2.85 bits per heavy atom. The maximum Gasteiger partial charge on any atom is 0.288 e. The minimum absolute atomic E-state index is 0.0167. The summed E-state index contributed by atoms with van der Waals surface area (Å²) in [6.07, 6.45) is 5.28. The first-order chi connectivity index (χ1) is 9.58. The Morgan fingerprint density at radius 2 is 2.15 bits per heavy atom. The molecule has 0 aliphatic heterocycles. The van der Waals surface area contributed by atoms with Crippen LogP contribution in [0.15, 0.2) is 18.2 Å². The van der Waals surface area contributed by atoms with Gasteiger partial charge < -0.3 is 5.32 Å². The van der Waals surface area contributed by atoms with Gasteiger partial charge in [0.05, 0.1) is 4.92 Å². The summed E-state index contributed by atoms with van der Waals surface area (Å²) < 4.78 is 0. The van der Waals surface area contributed by atoms with Crippen LogP contribution in [0.4, 0.5) is 5.69 Å². The molecule has 2 atom stereocenters. The highest BCUT2D eigenvalue weighted by molar-refractivity contribution is 6.32. The van der Waals surface area contributed by atoms with Gasteiger partial charge in [-0.25, -0.2) is 0 Å². The van der Waals surface area contributed by atoms with Crippen LogP contribution in [0.25, 0.3) is 0 Å². The molecule has 0 amide bonds. The number of nitro benzene ring substituents is 1. The average molecular weight is 297 g/mol. The fourth-order valence-corrected chi connectivity index (χ4v) is 3.09. The summed E-state index contributed by atoms with van der Waals surface area (Å²) in [7, 11) is 0. The summed E-state index contributed by atoms with van der Waals surface area (Å²) in [5.41, 5.74) is 0.890. The summed E-state index contributed by atoms with van der Waals surface area (Å²) in [5.74, 6) is 1.50. The highest BCUT2D eigenvalue weighted by Crippen LogP contribution is 2.29. The minimum Gasteiger partial charge on any atom is -0.312 e. The molecule has 0 radical (unpaired) electrons. The lowest BCUT2D eigenvalue weighted by Crippen LogP contribution is -2.29. The van der Waals surface area contributed by atoms with Gasteiger partial charge in [0, 0.05) is 12.6 Å². The van der Waals surface area contributed by atoms with Crippen LogP contribution in [-0.2, 0) is 6.54 Å². The van der Waals surface area contributed by atoms with E-state index in [4.69, 9.17) is 11.6 Å². The van der Waals surface area contributed by atoms with E-state index in [1.165, 1.54) is 25.7 Å². The van der Waals surface area contributed by atoms with Gasteiger partial charge >= 0.3 is 0 Å². The number of rotatable bonds is 5. The van der Waals surface area contributed by atoms with Gasteiger partial charge in [0.15, 0.2) is 0 Å². The van der Waals surface area contributed by atoms with Crippen molar-refractivity contribution in [1.29, 1.82) is 0 Å². The van der Waals surface area contributed by atoms with E-state index in [1.807, 2.05) is 6.07 Å². The van der Waals surface area contributed by atoms with Crippen molar-refractivity contribution in [3.63, 3.8) is 0 Å². The quantitative estimate of drug-likeness (QED) is 0.655. The van der Waals surface area contributed by atoms with Gasteiger partial charge in [0.1, 0.15) is 5.02 Å². The lowest BCUT2D eigenvalue weighted by molar-refractivity contribution is -0.384. The molecule has 110 valence electrons. The predicted molar refractivity (Wildman–Crippen MR) is 80.9 cm³/mol. The third kappa shape index (κ3) is 3.93. The molecular weight excluding hydrogens is 276 g/mol. The molecule has 1 aliphatic carbocycles. The molecule has 0 spiro atoms. The number of halogens is 1. The topological polar surface area (TPSA) is 55.2 Å². The Balaban J connectivity index is 1.87. The molecule has 5 heteroatoms. The van der Waals surface area contributed by atoms with Crippen molar-refractivity contribution in [2.75, 3.05) is 6.54 Å². The number of hydrogen-bond acceptors (Lipinski definition) is 3. The monoisotopic (exact) mass is 296 g/mol. The first-order valence-corrected chi connectivity index (χ1v) is 7.59. The van der Waals surface area contributed by atoms with Crippen molar-refractivity contribution < 1.29 is 4.92 Å². The zero-order valence-electron chi connectivity index (χ0n) is 11.8. The molecule has 1 fully saturated rings. The van der Waals surface area contributed by atoms with Crippen LogP contribution in [0.3, 0.4) is 0 Å². The summed E-state index contributed by atoms with van der Waals surface area (Å²) in [6.45, 7) is 3.96. The molecular formula is C15H21ClN2O2. The first-order valence-electron chi connectivity index (χ1n) is 7.21. The lowest BCUT2D eigenvalue weighted by Gasteiger charge is -2.28. The molecule has 1 aromatic carbocycles. The SMILES string of the molecule is CC1CCCCC1CNCc1ccc(Cl)c([N+](=O)[O-])c1. The second kappa shape index (κ2) is 7.04. The molecule has 1 N–H and O–H groups in total. The van der Waals surface area contributed by atoms with Gasteiger partial charge in [-0.2, -0.15) is 0 Å². The number of nitrogens with one attached hydrogen (secondary N) is 1. The van der Waals surface area contributed by atoms with E-state index < -0.39 is 4.92 Å². The predicted octanol–water partition coefficient (Wildman–Crippen LogP) is 4.16. The van der Waals surface area contributed by atoms with E-state index in [-0.39, 0.29) is 10.7 Å². The molecule has 0 heterocycles. The van der Waals surface area contributed by atoms with E-state index in [9.17, 15) is 10.1 Å². The molecule has 1 aromatic rings. The zero-order valence-corrected chi connectivity index (χ0v) is 12.5. The van der Waals surface area contributed by atoms with Gasteiger partial charge in [-0.05, 0) is 36.4 Å². The number of nitrogens with zero attached hydrogens (tertiary/aromatic N) is 1. The smallest absolute Gasteiger partial charge is 0.288 e. The van der Waals surface area contributed by atoms with Crippen molar-refractivity contribution in [2.45, 2.75) is 39.2 Å². The normalized spacial score (nSPS) is 22.7. The highest BCUT2D eigenvalue weighted by Gasteiger charge is 2.20. The van der Waals surface area contributed by atoms with Crippen LogP contribution in [0.1, 0.15) is 38.2 Å². The summed E-state index contributed by atoms with van der Waals surface area (Å²) in [4.78, 5) is 10.4. The van der Waals surface area contributed by atoms with Crippen LogP contribution in [0, 0.1) is 22.0 Å². The Morgan fingerprint density at radius 1 is 1.40 bits per heavy atom. The highest BCUT2D eigenvalue weighted by atomic mass is 35.5. The second-order valence-corrected chi connectivity index (χ2v) is 6.10. The van der Waals surface area contributed by atoms with E-state index >= 15 is 0 Å². The molecule has 0 saturated heterocycles. The molecule has 1 aliphatic rings. The third-order valence-corrected chi connectivity index (χ3v) is 4.55. The standard InChI is InChI=1S/C15H21ClN2O2/c1-11-4-2-3-5-13(11)10-17-9-12-6-7-14(16)15(8-12)18(19)20/h6-8,11,13,17H,2-5,9-10H2,1H3. The Hall–Kier alpha value is -1.13. The van der Waals surface area contributed by atoms with Crippen LogP contribution in [0.5, 0.6) is 0 Å².